The Labute approximate surface area is 124 Å². The van der Waals surface area contributed by atoms with Crippen LogP contribution in [0, 0.1) is 5.92 Å². The van der Waals surface area contributed by atoms with Crippen LogP contribution in [0.4, 0.5) is 0 Å². The fourth-order valence-electron chi connectivity index (χ4n) is 3.66. The lowest BCUT2D eigenvalue weighted by molar-refractivity contribution is 0.184. The van der Waals surface area contributed by atoms with Crippen LogP contribution in [0.25, 0.3) is 11.2 Å². The second-order valence-corrected chi connectivity index (χ2v) is 6.28. The van der Waals surface area contributed by atoms with Gasteiger partial charge in [0.2, 0.25) is 0 Å². The van der Waals surface area contributed by atoms with Gasteiger partial charge in [0.05, 0.1) is 6.17 Å². The van der Waals surface area contributed by atoms with Crippen LogP contribution in [0.2, 0.25) is 0 Å². The average Bonchev–Trinajstić information content (AvgIpc) is 3.19. The van der Waals surface area contributed by atoms with Crippen molar-refractivity contribution in [2.24, 2.45) is 5.92 Å². The lowest BCUT2D eigenvalue weighted by Crippen LogP contribution is -2.25. The van der Waals surface area contributed by atoms with Crippen molar-refractivity contribution in [1.82, 2.24) is 19.4 Å². The Morgan fingerprint density at radius 2 is 2.33 bits per heavy atom. The van der Waals surface area contributed by atoms with Gasteiger partial charge >= 0.3 is 0 Å². The Balaban J connectivity index is 1.76. The first-order chi connectivity index (χ1) is 10.3. The Morgan fingerprint density at radius 1 is 1.38 bits per heavy atom. The second-order valence-electron chi connectivity index (χ2n) is 6.28. The lowest BCUT2D eigenvalue weighted by atomic mass is 10.0. The largest absolute Gasteiger partial charge is 0.381 e. The molecule has 2 aliphatic rings. The number of hydrogen-bond acceptors (Lipinski definition) is 4. The van der Waals surface area contributed by atoms with E-state index in [0.29, 0.717) is 12.1 Å². The minimum atomic E-state index is 0.405. The fourth-order valence-corrected chi connectivity index (χ4v) is 3.66. The van der Waals surface area contributed by atoms with Crippen LogP contribution >= 0.6 is 0 Å². The minimum absolute atomic E-state index is 0.405. The maximum absolute atomic E-state index is 5.53. The predicted octanol–water partition coefficient (Wildman–Crippen LogP) is 2.23. The molecule has 0 radical (unpaired) electrons. The van der Waals surface area contributed by atoms with E-state index in [1.807, 2.05) is 12.3 Å². The highest BCUT2D eigenvalue weighted by atomic mass is 16.5. The summed E-state index contributed by atoms with van der Waals surface area (Å²) in [4.78, 5) is 11.9. The van der Waals surface area contributed by atoms with Crippen molar-refractivity contribution >= 4 is 11.2 Å². The van der Waals surface area contributed by atoms with Crippen LogP contribution < -0.4 is 0 Å². The first-order valence-corrected chi connectivity index (χ1v) is 7.93. The van der Waals surface area contributed by atoms with E-state index in [-0.39, 0.29) is 0 Å². The van der Waals surface area contributed by atoms with Gasteiger partial charge in [-0.1, -0.05) is 0 Å². The van der Waals surface area contributed by atoms with Crippen molar-refractivity contribution in [2.45, 2.75) is 31.8 Å². The van der Waals surface area contributed by atoms with Crippen LogP contribution in [0.5, 0.6) is 0 Å². The van der Waals surface area contributed by atoms with Crippen LogP contribution in [0.15, 0.2) is 18.3 Å². The highest BCUT2D eigenvalue weighted by Crippen LogP contribution is 2.31. The molecule has 0 aromatic carbocycles. The first-order valence-electron chi connectivity index (χ1n) is 7.93. The van der Waals surface area contributed by atoms with Gasteiger partial charge in [-0.25, -0.2) is 9.97 Å². The quantitative estimate of drug-likeness (QED) is 0.868. The summed E-state index contributed by atoms with van der Waals surface area (Å²) >= 11 is 0. The summed E-state index contributed by atoms with van der Waals surface area (Å²) in [7, 11) is 2.20. The van der Waals surface area contributed by atoms with E-state index in [1.54, 1.807) is 0 Å². The Morgan fingerprint density at radius 3 is 3.10 bits per heavy atom. The van der Waals surface area contributed by atoms with Crippen LogP contribution in [-0.2, 0) is 11.2 Å². The number of nitrogens with zero attached hydrogens (tertiary/aromatic N) is 4. The summed E-state index contributed by atoms with van der Waals surface area (Å²) in [5.41, 5.74) is 2.05. The van der Waals surface area contributed by atoms with Gasteiger partial charge in [-0.2, -0.15) is 0 Å². The van der Waals surface area contributed by atoms with Gasteiger partial charge in [-0.05, 0) is 50.9 Å². The van der Waals surface area contributed by atoms with Gasteiger partial charge in [0, 0.05) is 25.8 Å². The smallest absolute Gasteiger partial charge is 0.161 e. The maximum atomic E-state index is 5.53. The molecule has 2 aromatic heterocycles. The highest BCUT2D eigenvalue weighted by molar-refractivity contribution is 5.71. The van der Waals surface area contributed by atoms with Gasteiger partial charge in [-0.15, -0.1) is 0 Å². The van der Waals surface area contributed by atoms with Crippen molar-refractivity contribution in [1.29, 1.82) is 0 Å². The van der Waals surface area contributed by atoms with E-state index >= 15 is 0 Å². The van der Waals surface area contributed by atoms with Crippen molar-refractivity contribution in [3.05, 3.63) is 24.2 Å². The second kappa shape index (κ2) is 5.39. The maximum Gasteiger partial charge on any atom is 0.161 e. The van der Waals surface area contributed by atoms with Gasteiger partial charge < -0.3 is 4.74 Å². The number of rotatable bonds is 3. The third kappa shape index (κ3) is 2.34. The van der Waals surface area contributed by atoms with Crippen molar-refractivity contribution < 1.29 is 4.74 Å². The van der Waals surface area contributed by atoms with E-state index in [9.17, 15) is 0 Å². The minimum Gasteiger partial charge on any atom is -0.381 e. The van der Waals surface area contributed by atoms with Crippen LogP contribution in [0.3, 0.4) is 0 Å². The van der Waals surface area contributed by atoms with E-state index in [4.69, 9.17) is 9.72 Å². The van der Waals surface area contributed by atoms with E-state index in [1.165, 1.54) is 18.7 Å². The molecular weight excluding hydrogens is 264 g/mol. The summed E-state index contributed by atoms with van der Waals surface area (Å²) in [6, 6.07) is 4.04. The molecule has 2 atom stereocenters. The number of imidazole rings is 1. The normalized spacial score (nSPS) is 26.9. The molecule has 4 rings (SSSR count). The molecule has 5 heteroatoms. The molecule has 2 fully saturated rings. The summed E-state index contributed by atoms with van der Waals surface area (Å²) in [5.74, 6) is 1.78. The molecule has 2 unspecified atom stereocenters. The molecule has 0 amide bonds. The summed E-state index contributed by atoms with van der Waals surface area (Å²) < 4.78 is 7.90. The Bertz CT molecular complexity index is 632. The van der Waals surface area contributed by atoms with Crippen molar-refractivity contribution in [2.75, 3.05) is 26.8 Å². The predicted molar refractivity (Wildman–Crippen MR) is 81.1 cm³/mol. The van der Waals surface area contributed by atoms with Crippen LogP contribution in [-0.4, -0.2) is 46.2 Å². The number of pyridine rings is 1. The molecule has 2 aromatic rings. The molecule has 5 nitrogen and oxygen atoms in total. The molecule has 0 N–H and O–H groups in total. The molecule has 2 saturated heterocycles. The molecule has 21 heavy (non-hydrogen) atoms. The van der Waals surface area contributed by atoms with E-state index < -0.39 is 0 Å². The summed E-state index contributed by atoms with van der Waals surface area (Å²) in [6.45, 7) is 2.92. The first kappa shape index (κ1) is 13.2. The van der Waals surface area contributed by atoms with Crippen LogP contribution in [0.1, 0.15) is 31.3 Å². The summed E-state index contributed by atoms with van der Waals surface area (Å²) in [6.07, 6.45) is 6.87. The Kier molecular flexibility index (Phi) is 3.39. The number of ether oxygens (including phenoxy) is 1. The van der Waals surface area contributed by atoms with Gasteiger partial charge in [0.15, 0.2) is 5.65 Å². The van der Waals surface area contributed by atoms with Gasteiger partial charge in [0.25, 0.3) is 0 Å². The van der Waals surface area contributed by atoms with E-state index in [2.05, 4.69) is 27.6 Å². The van der Waals surface area contributed by atoms with Gasteiger partial charge in [0.1, 0.15) is 11.3 Å². The third-order valence-corrected chi connectivity index (χ3v) is 4.80. The van der Waals surface area contributed by atoms with Crippen molar-refractivity contribution in [3.8, 4) is 0 Å². The van der Waals surface area contributed by atoms with Crippen molar-refractivity contribution in [3.63, 3.8) is 0 Å². The highest BCUT2D eigenvalue weighted by Gasteiger charge is 2.28. The zero-order chi connectivity index (χ0) is 14.2. The molecule has 0 saturated carbocycles. The molecule has 2 aliphatic heterocycles. The van der Waals surface area contributed by atoms with Gasteiger partial charge in [-0.3, -0.25) is 9.47 Å². The number of aromatic nitrogens is 3. The molecular formula is C16H22N4O. The molecule has 4 heterocycles. The Hall–Kier alpha value is -1.46. The topological polar surface area (TPSA) is 43.2 Å². The zero-order valence-corrected chi connectivity index (χ0v) is 12.5. The standard InChI is InChI=1S/C16H22N4O/c1-19-8-3-5-15(19)20-14(10-12-6-9-21-11-12)18-13-4-2-7-17-16(13)20/h2,4,7,12,15H,3,5-6,8-11H2,1H3. The zero-order valence-electron chi connectivity index (χ0n) is 12.5. The molecule has 0 spiro atoms. The lowest BCUT2D eigenvalue weighted by Gasteiger charge is -2.24. The average molecular weight is 286 g/mol. The molecule has 0 aliphatic carbocycles. The number of hydrogen-bond donors (Lipinski definition) is 0. The summed E-state index contributed by atoms with van der Waals surface area (Å²) in [5, 5.41) is 0. The SMILES string of the molecule is CN1CCCC1n1c(CC2CCOC2)nc2cccnc21. The number of likely N-dealkylation sites (tertiary alicyclic amines) is 1. The fraction of sp³-hybridized carbons (Fsp3) is 0.625. The van der Waals surface area contributed by atoms with E-state index in [0.717, 1.165) is 43.8 Å². The molecule has 112 valence electrons. The molecule has 0 bridgehead atoms. The number of fused-ring (bicyclic) bond motifs is 1. The monoisotopic (exact) mass is 286 g/mol. The third-order valence-electron chi connectivity index (χ3n) is 4.80.